The van der Waals surface area contributed by atoms with Gasteiger partial charge < -0.3 is 9.47 Å². The van der Waals surface area contributed by atoms with Gasteiger partial charge in [0.15, 0.2) is 0 Å². The fourth-order valence-corrected chi connectivity index (χ4v) is 3.96. The number of morpholine rings is 1. The minimum atomic E-state index is 0.0129. The highest BCUT2D eigenvalue weighted by atomic mass is 35.5. The fraction of sp³-hybridized carbons (Fsp3) is 0.375. The number of hydrogen-bond acceptors (Lipinski definition) is 4. The number of para-hydroxylation sites is 1. The molecule has 3 aromatic rings. The molecule has 4 rings (SSSR count). The van der Waals surface area contributed by atoms with Gasteiger partial charge in [-0.3, -0.25) is 9.58 Å². The highest BCUT2D eigenvalue weighted by Crippen LogP contribution is 2.24. The third-order valence-corrected chi connectivity index (χ3v) is 5.80. The second-order valence-electron chi connectivity index (χ2n) is 7.61. The summed E-state index contributed by atoms with van der Waals surface area (Å²) >= 11 is 6.16. The summed E-state index contributed by atoms with van der Waals surface area (Å²) in [6.07, 6.45) is 1.83. The van der Waals surface area contributed by atoms with Crippen LogP contribution in [0.4, 0.5) is 0 Å². The summed E-state index contributed by atoms with van der Waals surface area (Å²) in [5.41, 5.74) is 3.50. The van der Waals surface area contributed by atoms with E-state index in [-0.39, 0.29) is 6.10 Å². The molecule has 2 aromatic carbocycles. The molecule has 1 atom stereocenters. The van der Waals surface area contributed by atoms with Crippen LogP contribution in [0.3, 0.4) is 0 Å². The van der Waals surface area contributed by atoms with E-state index < -0.39 is 0 Å². The monoisotopic (exact) mass is 425 g/mol. The molecule has 0 bridgehead atoms. The van der Waals surface area contributed by atoms with Gasteiger partial charge in [-0.05, 0) is 30.2 Å². The molecule has 0 spiro atoms. The minimum Gasteiger partial charge on any atom is -0.492 e. The first-order valence-corrected chi connectivity index (χ1v) is 10.8. The number of benzene rings is 2. The van der Waals surface area contributed by atoms with Crippen molar-refractivity contribution in [1.29, 1.82) is 0 Å². The van der Waals surface area contributed by atoms with E-state index in [9.17, 15) is 0 Å². The number of aromatic nitrogens is 2. The van der Waals surface area contributed by atoms with Crippen molar-refractivity contribution in [3.63, 3.8) is 0 Å². The molecule has 6 heteroatoms. The van der Waals surface area contributed by atoms with Crippen LogP contribution in [-0.4, -0.2) is 47.5 Å². The summed E-state index contributed by atoms with van der Waals surface area (Å²) < 4.78 is 13.8. The Hall–Kier alpha value is -2.34. The van der Waals surface area contributed by atoms with Crippen LogP contribution in [0.1, 0.15) is 23.1 Å². The molecule has 0 unspecified atom stereocenters. The normalized spacial score (nSPS) is 17.2. The molecule has 5 nitrogen and oxygen atoms in total. The molecular formula is C24H28ClN3O2. The van der Waals surface area contributed by atoms with E-state index in [4.69, 9.17) is 26.2 Å². The highest BCUT2D eigenvalue weighted by molar-refractivity contribution is 6.32. The molecule has 30 heavy (non-hydrogen) atoms. The average Bonchev–Trinajstić information content (AvgIpc) is 3.15. The third kappa shape index (κ3) is 5.42. The first kappa shape index (κ1) is 20.9. The van der Waals surface area contributed by atoms with Gasteiger partial charge in [-0.1, -0.05) is 54.1 Å². The summed E-state index contributed by atoms with van der Waals surface area (Å²) in [5, 5.41) is 5.35. The molecule has 1 aliphatic rings. The second kappa shape index (κ2) is 10.1. The van der Waals surface area contributed by atoms with E-state index in [0.717, 1.165) is 50.5 Å². The van der Waals surface area contributed by atoms with Crippen molar-refractivity contribution in [3.8, 4) is 5.75 Å². The lowest BCUT2D eigenvalue weighted by molar-refractivity contribution is -0.0318. The molecule has 0 radical (unpaired) electrons. The molecule has 2 heterocycles. The van der Waals surface area contributed by atoms with E-state index in [1.54, 1.807) is 0 Å². The highest BCUT2D eigenvalue weighted by Gasteiger charge is 2.24. The number of ether oxygens (including phenoxy) is 2. The SMILES string of the molecule is Cn1nc([C@H]2CN(CCc3ccccc3)CCO2)cc1CCOc1ccccc1Cl. The zero-order valence-corrected chi connectivity index (χ0v) is 18.1. The van der Waals surface area contributed by atoms with E-state index in [1.807, 2.05) is 36.0 Å². The quantitative estimate of drug-likeness (QED) is 0.539. The molecule has 0 N–H and O–H groups in total. The van der Waals surface area contributed by atoms with Gasteiger partial charge in [0, 0.05) is 38.8 Å². The minimum absolute atomic E-state index is 0.0129. The van der Waals surface area contributed by atoms with E-state index in [1.165, 1.54) is 5.56 Å². The van der Waals surface area contributed by atoms with Crippen LogP contribution in [0.25, 0.3) is 0 Å². The first-order chi connectivity index (χ1) is 14.7. The summed E-state index contributed by atoms with van der Waals surface area (Å²) in [7, 11) is 1.98. The summed E-state index contributed by atoms with van der Waals surface area (Å²) in [5.74, 6) is 0.714. The predicted octanol–water partition coefficient (Wildman–Crippen LogP) is 4.31. The van der Waals surface area contributed by atoms with Gasteiger partial charge in [0.2, 0.25) is 0 Å². The van der Waals surface area contributed by atoms with Crippen molar-refractivity contribution < 1.29 is 9.47 Å². The summed E-state index contributed by atoms with van der Waals surface area (Å²) in [6.45, 7) is 4.17. The van der Waals surface area contributed by atoms with Crippen molar-refractivity contribution in [1.82, 2.24) is 14.7 Å². The van der Waals surface area contributed by atoms with Gasteiger partial charge in [0.05, 0.1) is 23.9 Å². The van der Waals surface area contributed by atoms with Gasteiger partial charge >= 0.3 is 0 Å². The molecule has 1 fully saturated rings. The van der Waals surface area contributed by atoms with Crippen LogP contribution in [0.5, 0.6) is 5.75 Å². The van der Waals surface area contributed by atoms with Crippen LogP contribution < -0.4 is 4.74 Å². The lowest BCUT2D eigenvalue weighted by Gasteiger charge is -2.32. The van der Waals surface area contributed by atoms with Gasteiger partial charge in [-0.2, -0.15) is 5.10 Å². The van der Waals surface area contributed by atoms with Crippen LogP contribution in [0, 0.1) is 0 Å². The third-order valence-electron chi connectivity index (χ3n) is 5.49. The molecule has 0 aliphatic carbocycles. The molecule has 1 aromatic heterocycles. The molecule has 158 valence electrons. The Bertz CT molecular complexity index is 945. The topological polar surface area (TPSA) is 39.5 Å². The number of aryl methyl sites for hydroxylation is 1. The van der Waals surface area contributed by atoms with Crippen molar-refractivity contribution in [2.24, 2.45) is 7.05 Å². The zero-order valence-electron chi connectivity index (χ0n) is 17.3. The molecule has 1 aliphatic heterocycles. The number of halogens is 1. The summed E-state index contributed by atoms with van der Waals surface area (Å²) in [4.78, 5) is 2.47. The lowest BCUT2D eigenvalue weighted by Crippen LogP contribution is -2.39. The Balaban J connectivity index is 1.31. The molecular weight excluding hydrogens is 398 g/mol. The van der Waals surface area contributed by atoms with E-state index >= 15 is 0 Å². The maximum absolute atomic E-state index is 6.16. The van der Waals surface area contributed by atoms with Crippen molar-refractivity contribution in [3.05, 3.63) is 82.6 Å². The maximum Gasteiger partial charge on any atom is 0.137 e. The number of rotatable bonds is 8. The zero-order chi connectivity index (χ0) is 20.8. The number of hydrogen-bond donors (Lipinski definition) is 0. The second-order valence-corrected chi connectivity index (χ2v) is 8.02. The molecule has 0 amide bonds. The summed E-state index contributed by atoms with van der Waals surface area (Å²) in [6, 6.07) is 20.3. The largest absolute Gasteiger partial charge is 0.492 e. The van der Waals surface area contributed by atoms with E-state index in [2.05, 4.69) is 41.3 Å². The van der Waals surface area contributed by atoms with Gasteiger partial charge in [0.1, 0.15) is 11.9 Å². The Morgan fingerprint density at radius 2 is 1.90 bits per heavy atom. The van der Waals surface area contributed by atoms with Crippen LogP contribution in [0.15, 0.2) is 60.7 Å². The Kier molecular flexibility index (Phi) is 7.05. The van der Waals surface area contributed by atoms with Gasteiger partial charge in [-0.15, -0.1) is 0 Å². The predicted molar refractivity (Wildman–Crippen MR) is 119 cm³/mol. The van der Waals surface area contributed by atoms with Crippen LogP contribution in [0.2, 0.25) is 5.02 Å². The Morgan fingerprint density at radius 3 is 2.73 bits per heavy atom. The molecule has 1 saturated heterocycles. The van der Waals surface area contributed by atoms with Crippen LogP contribution >= 0.6 is 11.6 Å². The fourth-order valence-electron chi connectivity index (χ4n) is 3.77. The first-order valence-electron chi connectivity index (χ1n) is 10.5. The van der Waals surface area contributed by atoms with E-state index in [0.29, 0.717) is 17.4 Å². The standard InChI is InChI=1S/C24H28ClN3O2/c1-27-20(12-15-29-23-10-6-5-9-21(23)25)17-22(26-27)24-18-28(14-16-30-24)13-11-19-7-3-2-4-8-19/h2-10,17,24H,11-16,18H2,1H3/t24-/m1/s1. The smallest absolute Gasteiger partial charge is 0.137 e. The number of nitrogens with zero attached hydrogens (tertiary/aromatic N) is 3. The van der Waals surface area contributed by atoms with Crippen LogP contribution in [-0.2, 0) is 24.6 Å². The molecule has 0 saturated carbocycles. The average molecular weight is 426 g/mol. The van der Waals surface area contributed by atoms with Crippen molar-refractivity contribution >= 4 is 11.6 Å². The lowest BCUT2D eigenvalue weighted by atomic mass is 10.1. The Morgan fingerprint density at radius 1 is 1.10 bits per heavy atom. The van der Waals surface area contributed by atoms with Gasteiger partial charge in [0.25, 0.3) is 0 Å². The van der Waals surface area contributed by atoms with Gasteiger partial charge in [-0.25, -0.2) is 0 Å². The van der Waals surface area contributed by atoms with Crippen molar-refractivity contribution in [2.45, 2.75) is 18.9 Å². The maximum atomic E-state index is 6.16. The Labute approximate surface area is 183 Å². The van der Waals surface area contributed by atoms with Crippen molar-refractivity contribution in [2.75, 3.05) is 32.8 Å².